The van der Waals surface area contributed by atoms with Crippen LogP contribution in [0.4, 0.5) is 0 Å². The summed E-state index contributed by atoms with van der Waals surface area (Å²) < 4.78 is 16.6. The van der Waals surface area contributed by atoms with Crippen LogP contribution in [0.3, 0.4) is 0 Å². The molecule has 0 bridgehead atoms. The van der Waals surface area contributed by atoms with Gasteiger partial charge in [0.2, 0.25) is 5.16 Å². The smallest absolute Gasteiger partial charge is 0.319 e. The van der Waals surface area contributed by atoms with Crippen molar-refractivity contribution < 1.29 is 19.0 Å². The van der Waals surface area contributed by atoms with Crippen LogP contribution in [0.25, 0.3) is 0 Å². The Balaban J connectivity index is 2.64. The highest BCUT2D eigenvalue weighted by Crippen LogP contribution is 2.21. The van der Waals surface area contributed by atoms with Gasteiger partial charge in [-0.15, -0.1) is 5.10 Å². The molecule has 1 rings (SSSR count). The third-order valence-electron chi connectivity index (χ3n) is 2.25. The third-order valence-corrected chi connectivity index (χ3v) is 3.30. The highest BCUT2D eigenvalue weighted by molar-refractivity contribution is 8.00. The minimum atomic E-state index is -0.444. The van der Waals surface area contributed by atoms with E-state index in [1.54, 1.807) is 13.8 Å². The highest BCUT2D eigenvalue weighted by atomic mass is 32.2. The molecule has 0 aliphatic heterocycles. The molecule has 1 aromatic rings. The number of carbonyl (C=O) groups is 1. The number of aromatic nitrogens is 4. The SMILES string of the molecule is CCOC(=O)C(C)Sc1nnnn1CC(OC)OC. The molecular weight excluding hydrogens is 272 g/mol. The first-order chi connectivity index (χ1) is 9.12. The van der Waals surface area contributed by atoms with Gasteiger partial charge < -0.3 is 14.2 Å². The van der Waals surface area contributed by atoms with Crippen LogP contribution in [-0.2, 0) is 25.5 Å². The molecule has 0 radical (unpaired) electrons. The van der Waals surface area contributed by atoms with E-state index in [0.29, 0.717) is 18.3 Å². The van der Waals surface area contributed by atoms with Gasteiger partial charge in [-0.2, -0.15) is 0 Å². The molecule has 0 N–H and O–H groups in total. The van der Waals surface area contributed by atoms with Gasteiger partial charge >= 0.3 is 5.97 Å². The van der Waals surface area contributed by atoms with Crippen LogP contribution in [0.1, 0.15) is 13.8 Å². The van der Waals surface area contributed by atoms with Crippen molar-refractivity contribution in [2.24, 2.45) is 0 Å². The normalized spacial score (nSPS) is 12.7. The van der Waals surface area contributed by atoms with Crippen molar-refractivity contribution in [1.29, 1.82) is 0 Å². The second-order valence-corrected chi connectivity index (χ2v) is 4.86. The van der Waals surface area contributed by atoms with Crippen molar-refractivity contribution in [2.45, 2.75) is 37.1 Å². The molecule has 0 aliphatic carbocycles. The topological polar surface area (TPSA) is 88.4 Å². The van der Waals surface area contributed by atoms with Crippen LogP contribution in [0.5, 0.6) is 0 Å². The second kappa shape index (κ2) is 8.08. The van der Waals surface area contributed by atoms with Crippen molar-refractivity contribution in [3.05, 3.63) is 0 Å². The lowest BCUT2D eigenvalue weighted by molar-refractivity contribution is -0.142. The second-order valence-electron chi connectivity index (χ2n) is 3.56. The molecule has 1 aromatic heterocycles. The van der Waals surface area contributed by atoms with Gasteiger partial charge in [0.1, 0.15) is 5.25 Å². The van der Waals surface area contributed by atoms with E-state index in [2.05, 4.69) is 15.5 Å². The van der Waals surface area contributed by atoms with Gasteiger partial charge in [0, 0.05) is 14.2 Å². The number of ether oxygens (including phenoxy) is 3. The summed E-state index contributed by atoms with van der Waals surface area (Å²) >= 11 is 1.23. The predicted molar refractivity (Wildman–Crippen MR) is 67.6 cm³/mol. The summed E-state index contributed by atoms with van der Waals surface area (Å²) in [6.45, 7) is 4.20. The van der Waals surface area contributed by atoms with Crippen LogP contribution in [-0.4, -0.2) is 58.5 Å². The van der Waals surface area contributed by atoms with Gasteiger partial charge in [-0.3, -0.25) is 4.79 Å². The maximum atomic E-state index is 11.5. The summed E-state index contributed by atoms with van der Waals surface area (Å²) in [5.74, 6) is -0.294. The van der Waals surface area contributed by atoms with Crippen LogP contribution < -0.4 is 0 Å². The molecule has 108 valence electrons. The Morgan fingerprint density at radius 3 is 2.68 bits per heavy atom. The Bertz CT molecular complexity index is 397. The van der Waals surface area contributed by atoms with Gasteiger partial charge in [0.25, 0.3) is 0 Å². The maximum absolute atomic E-state index is 11.5. The van der Waals surface area contributed by atoms with Gasteiger partial charge in [-0.05, 0) is 24.3 Å². The van der Waals surface area contributed by atoms with Crippen LogP contribution in [0.2, 0.25) is 0 Å². The lowest BCUT2D eigenvalue weighted by Gasteiger charge is -2.14. The number of carbonyl (C=O) groups excluding carboxylic acids is 1. The standard InChI is InChI=1S/C10H18N4O4S/c1-5-18-9(15)7(2)19-10-11-12-13-14(10)6-8(16-3)17-4/h7-8H,5-6H2,1-4H3. The number of tetrazole rings is 1. The maximum Gasteiger partial charge on any atom is 0.319 e. The molecule has 1 atom stereocenters. The number of thioether (sulfide) groups is 1. The van der Waals surface area contributed by atoms with Crippen LogP contribution in [0, 0.1) is 0 Å². The summed E-state index contributed by atoms with van der Waals surface area (Å²) in [4.78, 5) is 11.5. The third kappa shape index (κ3) is 4.77. The Morgan fingerprint density at radius 1 is 1.42 bits per heavy atom. The quantitative estimate of drug-likeness (QED) is 0.384. The zero-order chi connectivity index (χ0) is 14.3. The van der Waals surface area contributed by atoms with E-state index in [0.717, 1.165) is 0 Å². The van der Waals surface area contributed by atoms with E-state index in [9.17, 15) is 4.79 Å². The van der Waals surface area contributed by atoms with Crippen molar-refractivity contribution in [2.75, 3.05) is 20.8 Å². The first kappa shape index (κ1) is 15.9. The fourth-order valence-corrected chi connectivity index (χ4v) is 2.04. The van der Waals surface area contributed by atoms with Crippen molar-refractivity contribution in [1.82, 2.24) is 20.2 Å². The molecule has 0 saturated heterocycles. The molecule has 9 heteroatoms. The zero-order valence-corrected chi connectivity index (χ0v) is 12.2. The molecule has 0 aliphatic rings. The molecule has 0 spiro atoms. The Kier molecular flexibility index (Phi) is 6.74. The minimum absolute atomic E-state index is 0.294. The van der Waals surface area contributed by atoms with E-state index >= 15 is 0 Å². The van der Waals surface area contributed by atoms with Gasteiger partial charge in [0.15, 0.2) is 6.29 Å². The summed E-state index contributed by atoms with van der Waals surface area (Å²) in [5.41, 5.74) is 0. The fraction of sp³-hybridized carbons (Fsp3) is 0.800. The van der Waals surface area contributed by atoms with Gasteiger partial charge in [-0.1, -0.05) is 11.8 Å². The monoisotopic (exact) mass is 290 g/mol. The number of hydrogen-bond acceptors (Lipinski definition) is 8. The molecule has 1 heterocycles. The Labute approximate surface area is 115 Å². The average molecular weight is 290 g/mol. The summed E-state index contributed by atoms with van der Waals surface area (Å²) in [6, 6.07) is 0. The molecular formula is C10H18N4O4S. The van der Waals surface area contributed by atoms with Crippen LogP contribution in [0.15, 0.2) is 5.16 Å². The van der Waals surface area contributed by atoms with E-state index in [4.69, 9.17) is 14.2 Å². The molecule has 1 unspecified atom stereocenters. The number of hydrogen-bond donors (Lipinski definition) is 0. The number of esters is 1. The number of methoxy groups -OCH3 is 2. The van der Waals surface area contributed by atoms with E-state index in [-0.39, 0.29) is 11.2 Å². The fourth-order valence-electron chi connectivity index (χ4n) is 1.25. The molecule has 0 aromatic carbocycles. The molecule has 8 nitrogen and oxygen atoms in total. The summed E-state index contributed by atoms with van der Waals surface area (Å²) in [6.07, 6.45) is -0.444. The number of rotatable bonds is 8. The average Bonchev–Trinajstić information content (AvgIpc) is 2.83. The van der Waals surface area contributed by atoms with Crippen molar-refractivity contribution in [3.63, 3.8) is 0 Å². The van der Waals surface area contributed by atoms with Crippen molar-refractivity contribution >= 4 is 17.7 Å². The first-order valence-electron chi connectivity index (χ1n) is 5.77. The lowest BCUT2D eigenvalue weighted by Crippen LogP contribution is -2.23. The summed E-state index contributed by atoms with van der Waals surface area (Å²) in [7, 11) is 3.07. The van der Waals surface area contributed by atoms with E-state index < -0.39 is 6.29 Å². The first-order valence-corrected chi connectivity index (χ1v) is 6.65. The van der Waals surface area contributed by atoms with Crippen LogP contribution >= 0.6 is 11.8 Å². The zero-order valence-electron chi connectivity index (χ0n) is 11.4. The van der Waals surface area contributed by atoms with Gasteiger partial charge in [0.05, 0.1) is 13.2 Å². The van der Waals surface area contributed by atoms with Crippen molar-refractivity contribution in [3.8, 4) is 0 Å². The number of nitrogens with zero attached hydrogens (tertiary/aromatic N) is 4. The van der Waals surface area contributed by atoms with E-state index in [1.807, 2.05) is 0 Å². The molecule has 0 amide bonds. The molecule has 19 heavy (non-hydrogen) atoms. The predicted octanol–water partition coefficient (Wildman–Crippen LogP) is 0.336. The lowest BCUT2D eigenvalue weighted by atomic mass is 10.5. The summed E-state index contributed by atoms with van der Waals surface area (Å²) in [5, 5.41) is 11.4. The largest absolute Gasteiger partial charge is 0.465 e. The molecule has 0 fully saturated rings. The minimum Gasteiger partial charge on any atom is -0.465 e. The van der Waals surface area contributed by atoms with E-state index in [1.165, 1.54) is 30.7 Å². The van der Waals surface area contributed by atoms with Gasteiger partial charge in [-0.25, -0.2) is 4.68 Å². The molecule has 0 saturated carbocycles. The Hall–Kier alpha value is -1.19. The highest BCUT2D eigenvalue weighted by Gasteiger charge is 2.20. The Morgan fingerprint density at radius 2 is 2.11 bits per heavy atom.